The van der Waals surface area contributed by atoms with Crippen molar-refractivity contribution in [2.75, 3.05) is 11.7 Å². The SMILES string of the molecule is S=C1N[C@H](c2ccccn2)[C@@H](c2ccc(Sc3ccccc3)o2)N1c1ccc2c(c1)OCO2. The van der Waals surface area contributed by atoms with Crippen molar-refractivity contribution in [3.8, 4) is 11.5 Å². The number of rotatable bonds is 5. The van der Waals surface area contributed by atoms with Gasteiger partial charge in [-0.3, -0.25) is 4.98 Å². The molecule has 164 valence electrons. The maximum Gasteiger partial charge on any atom is 0.231 e. The molecule has 2 aromatic carbocycles. The summed E-state index contributed by atoms with van der Waals surface area (Å²) in [6.45, 7) is 0.222. The summed E-state index contributed by atoms with van der Waals surface area (Å²) in [5.41, 5.74) is 1.79. The van der Waals surface area contributed by atoms with Crippen molar-refractivity contribution in [3.05, 3.63) is 96.5 Å². The van der Waals surface area contributed by atoms with Gasteiger partial charge in [-0.2, -0.15) is 0 Å². The highest BCUT2D eigenvalue weighted by atomic mass is 32.2. The van der Waals surface area contributed by atoms with Crippen LogP contribution in [0.3, 0.4) is 0 Å². The van der Waals surface area contributed by atoms with Crippen molar-refractivity contribution in [3.63, 3.8) is 0 Å². The van der Waals surface area contributed by atoms with Gasteiger partial charge in [0.25, 0.3) is 0 Å². The maximum atomic E-state index is 6.35. The van der Waals surface area contributed by atoms with Crippen LogP contribution < -0.4 is 19.7 Å². The van der Waals surface area contributed by atoms with E-state index < -0.39 is 0 Å². The first kappa shape index (κ1) is 20.1. The Labute approximate surface area is 200 Å². The van der Waals surface area contributed by atoms with Crippen LogP contribution in [0, 0.1) is 0 Å². The number of nitrogens with one attached hydrogen (secondary N) is 1. The Hall–Kier alpha value is -3.49. The third-order valence-electron chi connectivity index (χ3n) is 5.59. The van der Waals surface area contributed by atoms with Crippen LogP contribution in [0.1, 0.15) is 23.5 Å². The molecule has 0 aliphatic carbocycles. The molecule has 4 heterocycles. The van der Waals surface area contributed by atoms with Crippen molar-refractivity contribution in [2.24, 2.45) is 0 Å². The number of furan rings is 1. The molecule has 2 aromatic heterocycles. The minimum Gasteiger partial charge on any atom is -0.454 e. The van der Waals surface area contributed by atoms with Crippen LogP contribution in [0.25, 0.3) is 0 Å². The number of hydrogen-bond acceptors (Lipinski definition) is 6. The van der Waals surface area contributed by atoms with Crippen LogP contribution in [0.15, 0.2) is 99.5 Å². The Kier molecular flexibility index (Phi) is 5.16. The number of benzene rings is 2. The first-order chi connectivity index (χ1) is 16.3. The quantitative estimate of drug-likeness (QED) is 0.369. The number of anilines is 1. The molecule has 0 radical (unpaired) electrons. The van der Waals surface area contributed by atoms with Gasteiger partial charge in [-0.25, -0.2) is 0 Å². The lowest BCUT2D eigenvalue weighted by Crippen LogP contribution is -2.29. The van der Waals surface area contributed by atoms with Crippen LogP contribution in [-0.2, 0) is 0 Å². The van der Waals surface area contributed by atoms with Crippen LogP contribution in [0.2, 0.25) is 0 Å². The normalized spacial score (nSPS) is 19.0. The van der Waals surface area contributed by atoms with E-state index in [0.717, 1.165) is 32.9 Å². The van der Waals surface area contributed by atoms with E-state index >= 15 is 0 Å². The number of aromatic nitrogens is 1. The van der Waals surface area contributed by atoms with Gasteiger partial charge in [-0.05, 0) is 60.7 Å². The van der Waals surface area contributed by atoms with Crippen LogP contribution >= 0.6 is 24.0 Å². The molecule has 2 aliphatic heterocycles. The van der Waals surface area contributed by atoms with Crippen LogP contribution in [0.5, 0.6) is 11.5 Å². The molecule has 1 saturated heterocycles. The Morgan fingerprint density at radius 3 is 2.64 bits per heavy atom. The van der Waals surface area contributed by atoms with Crippen molar-refractivity contribution in [2.45, 2.75) is 22.1 Å². The van der Waals surface area contributed by atoms with E-state index in [9.17, 15) is 0 Å². The van der Waals surface area contributed by atoms with E-state index in [1.54, 1.807) is 18.0 Å². The monoisotopic (exact) mass is 473 g/mol. The third kappa shape index (κ3) is 3.81. The van der Waals surface area contributed by atoms with E-state index in [1.807, 2.05) is 66.7 Å². The summed E-state index contributed by atoms with van der Waals surface area (Å²) >= 11 is 7.37. The zero-order chi connectivity index (χ0) is 22.2. The molecule has 0 unspecified atom stereocenters. The molecular formula is C25H19N3O3S2. The van der Waals surface area contributed by atoms with E-state index in [4.69, 9.17) is 26.1 Å². The molecule has 33 heavy (non-hydrogen) atoms. The molecule has 4 aromatic rings. The van der Waals surface area contributed by atoms with Gasteiger partial charge in [0, 0.05) is 22.8 Å². The molecule has 0 spiro atoms. The largest absolute Gasteiger partial charge is 0.454 e. The number of fused-ring (bicyclic) bond motifs is 1. The average Bonchev–Trinajstić information content (AvgIpc) is 3.58. The summed E-state index contributed by atoms with van der Waals surface area (Å²) in [5.74, 6) is 2.23. The number of ether oxygens (including phenoxy) is 2. The standard InChI is InChI=1S/C25H19N3O3S2/c32-25-27-23(18-8-4-5-13-26-18)24(28(25)16-9-10-19-21(14-16)30-15-29-19)20-11-12-22(31-20)33-17-6-2-1-3-7-17/h1-14,23-24H,15H2,(H,27,32)/t23-,24-/m1/s1. The zero-order valence-electron chi connectivity index (χ0n) is 17.4. The Morgan fingerprint density at radius 2 is 1.79 bits per heavy atom. The van der Waals surface area contributed by atoms with Crippen molar-refractivity contribution in [1.82, 2.24) is 10.3 Å². The van der Waals surface area contributed by atoms with E-state index in [1.165, 1.54) is 0 Å². The lowest BCUT2D eigenvalue weighted by molar-refractivity contribution is 0.174. The molecule has 2 atom stereocenters. The summed E-state index contributed by atoms with van der Waals surface area (Å²) in [4.78, 5) is 7.77. The zero-order valence-corrected chi connectivity index (χ0v) is 19.0. The molecule has 0 saturated carbocycles. The van der Waals surface area contributed by atoms with Gasteiger partial charge in [0.15, 0.2) is 21.7 Å². The number of nitrogens with zero attached hydrogens (tertiary/aromatic N) is 2. The van der Waals surface area contributed by atoms with Gasteiger partial charge in [0.05, 0.1) is 11.7 Å². The fourth-order valence-electron chi connectivity index (χ4n) is 4.11. The fourth-order valence-corrected chi connectivity index (χ4v) is 5.26. The lowest BCUT2D eigenvalue weighted by Gasteiger charge is -2.26. The molecule has 2 aliphatic rings. The van der Waals surface area contributed by atoms with Crippen molar-refractivity contribution < 1.29 is 13.9 Å². The number of pyridine rings is 1. The van der Waals surface area contributed by atoms with Crippen LogP contribution in [0.4, 0.5) is 5.69 Å². The molecule has 1 fully saturated rings. The van der Waals surface area contributed by atoms with Gasteiger partial charge in [0.2, 0.25) is 6.79 Å². The average molecular weight is 474 g/mol. The van der Waals surface area contributed by atoms with Crippen LogP contribution in [-0.4, -0.2) is 16.9 Å². The smallest absolute Gasteiger partial charge is 0.231 e. The molecule has 8 heteroatoms. The summed E-state index contributed by atoms with van der Waals surface area (Å²) in [6, 6.07) is 25.5. The molecular weight excluding hydrogens is 454 g/mol. The van der Waals surface area contributed by atoms with Gasteiger partial charge in [0.1, 0.15) is 11.8 Å². The molecule has 0 amide bonds. The molecule has 0 bridgehead atoms. The molecule has 6 nitrogen and oxygen atoms in total. The topological polar surface area (TPSA) is 59.8 Å². The second-order valence-electron chi connectivity index (χ2n) is 7.61. The van der Waals surface area contributed by atoms with E-state index in [-0.39, 0.29) is 18.9 Å². The Bertz CT molecular complexity index is 1300. The summed E-state index contributed by atoms with van der Waals surface area (Å²) < 4.78 is 17.4. The highest BCUT2D eigenvalue weighted by Crippen LogP contribution is 2.45. The third-order valence-corrected chi connectivity index (χ3v) is 6.83. The van der Waals surface area contributed by atoms with Gasteiger partial charge >= 0.3 is 0 Å². The van der Waals surface area contributed by atoms with E-state index in [2.05, 4.69) is 27.3 Å². The van der Waals surface area contributed by atoms with Crippen molar-refractivity contribution in [1.29, 1.82) is 0 Å². The first-order valence-electron chi connectivity index (χ1n) is 10.5. The van der Waals surface area contributed by atoms with Crippen molar-refractivity contribution >= 4 is 34.8 Å². The second-order valence-corrected chi connectivity index (χ2v) is 9.07. The fraction of sp³-hybridized carbons (Fsp3) is 0.120. The summed E-state index contributed by atoms with van der Waals surface area (Å²) in [5, 5.41) is 4.87. The number of hydrogen-bond donors (Lipinski definition) is 1. The summed E-state index contributed by atoms with van der Waals surface area (Å²) in [6.07, 6.45) is 1.79. The van der Waals surface area contributed by atoms with Gasteiger partial charge < -0.3 is 24.1 Å². The Morgan fingerprint density at radius 1 is 0.939 bits per heavy atom. The predicted octanol–water partition coefficient (Wildman–Crippen LogP) is 5.73. The number of thiocarbonyl (C=S) groups is 1. The minimum absolute atomic E-state index is 0.176. The highest BCUT2D eigenvalue weighted by Gasteiger charge is 2.43. The van der Waals surface area contributed by atoms with E-state index in [0.29, 0.717) is 10.9 Å². The maximum absolute atomic E-state index is 6.35. The first-order valence-corrected chi connectivity index (χ1v) is 11.7. The Balaban J connectivity index is 1.39. The minimum atomic E-state index is -0.224. The molecule has 6 rings (SSSR count). The van der Waals surface area contributed by atoms with Gasteiger partial charge in [-0.1, -0.05) is 36.0 Å². The highest BCUT2D eigenvalue weighted by molar-refractivity contribution is 7.99. The lowest BCUT2D eigenvalue weighted by atomic mass is 10.0. The van der Waals surface area contributed by atoms with Gasteiger partial charge in [-0.15, -0.1) is 0 Å². The summed E-state index contributed by atoms with van der Waals surface area (Å²) in [7, 11) is 0. The predicted molar refractivity (Wildman–Crippen MR) is 130 cm³/mol. The molecule has 1 N–H and O–H groups in total. The second kappa shape index (κ2) is 8.46.